The van der Waals surface area contributed by atoms with E-state index >= 15 is 0 Å². The van der Waals surface area contributed by atoms with Crippen LogP contribution in [0.4, 0.5) is 0 Å². The van der Waals surface area contributed by atoms with Crippen LogP contribution >= 0.6 is 11.6 Å². The summed E-state index contributed by atoms with van der Waals surface area (Å²) in [5.74, 6) is 0.552. The quantitative estimate of drug-likeness (QED) is 0.411. The number of esters is 1. The molecule has 180 valence electrons. The van der Waals surface area contributed by atoms with Crippen LogP contribution < -0.4 is 4.74 Å². The molecule has 0 fully saturated rings. The lowest BCUT2D eigenvalue weighted by Crippen LogP contribution is -2.33. The zero-order valence-corrected chi connectivity index (χ0v) is 21.0. The molecule has 2 aromatic carbocycles. The maximum atomic E-state index is 11.7. The van der Waals surface area contributed by atoms with E-state index in [1.165, 1.54) is 16.7 Å². The first-order chi connectivity index (χ1) is 16.4. The molecule has 4 rings (SSSR count). The lowest BCUT2D eigenvalue weighted by atomic mass is 9.90. The number of nitrogens with one attached hydrogen (secondary N) is 1. The molecular weight excluding hydrogens is 450 g/mol. The number of H-pyrrole nitrogens is 1. The maximum Gasteiger partial charge on any atom is 0.307 e. The Kier molecular flexibility index (Phi) is 7.59. The summed E-state index contributed by atoms with van der Waals surface area (Å²) in [5.41, 5.74) is 7.91. The van der Waals surface area contributed by atoms with Gasteiger partial charge in [0.2, 0.25) is 0 Å². The summed E-state index contributed by atoms with van der Waals surface area (Å²) in [6.45, 7) is 10.9. The molecule has 1 aliphatic rings. The normalized spacial score (nSPS) is 13.7. The Hall–Kier alpha value is -2.83. The van der Waals surface area contributed by atoms with E-state index in [9.17, 15) is 4.79 Å². The van der Waals surface area contributed by atoms with Crippen molar-refractivity contribution in [3.05, 3.63) is 58.1 Å². The van der Waals surface area contributed by atoms with Crippen molar-refractivity contribution in [3.8, 4) is 28.3 Å². The molecule has 0 saturated heterocycles. The Bertz CT molecular complexity index is 1170. The van der Waals surface area contributed by atoms with Crippen LogP contribution in [0.5, 0.6) is 5.75 Å². The van der Waals surface area contributed by atoms with Gasteiger partial charge in [-0.2, -0.15) is 5.10 Å². The van der Waals surface area contributed by atoms with Crippen LogP contribution in [0.1, 0.15) is 43.9 Å². The molecule has 1 aromatic heterocycles. The third-order valence-electron chi connectivity index (χ3n) is 6.16. The fourth-order valence-electron chi connectivity index (χ4n) is 4.48. The maximum absolute atomic E-state index is 11.7. The summed E-state index contributed by atoms with van der Waals surface area (Å²) in [6, 6.07) is 12.2. The van der Waals surface area contributed by atoms with Gasteiger partial charge in [0.15, 0.2) is 0 Å². The number of carbonyl (C=O) groups excluding carboxylic acids is 1. The SMILES string of the molecule is CCOC(=O)CCN1CCc2c(ccc(-c3cc(-c4ccc(OC(C)C)c(Cl)c4)n[nH]3)c2C)C1. The lowest BCUT2D eigenvalue weighted by Gasteiger charge is -2.30. The minimum Gasteiger partial charge on any atom is -0.489 e. The van der Waals surface area contributed by atoms with E-state index in [2.05, 4.69) is 40.2 Å². The molecule has 1 N–H and O–H groups in total. The van der Waals surface area contributed by atoms with E-state index in [4.69, 9.17) is 21.1 Å². The summed E-state index contributed by atoms with van der Waals surface area (Å²) >= 11 is 6.43. The van der Waals surface area contributed by atoms with Crippen LogP contribution in [0.2, 0.25) is 5.02 Å². The first kappa shape index (κ1) is 24.3. The Balaban J connectivity index is 1.50. The van der Waals surface area contributed by atoms with Gasteiger partial charge < -0.3 is 9.47 Å². The third-order valence-corrected chi connectivity index (χ3v) is 6.46. The average Bonchev–Trinajstić information content (AvgIpc) is 3.29. The van der Waals surface area contributed by atoms with Crippen LogP contribution in [0.15, 0.2) is 36.4 Å². The summed E-state index contributed by atoms with van der Waals surface area (Å²) in [6.07, 6.45) is 1.47. The van der Waals surface area contributed by atoms with Crippen molar-refractivity contribution in [2.24, 2.45) is 0 Å². The molecule has 3 aromatic rings. The Labute approximate surface area is 206 Å². The van der Waals surface area contributed by atoms with Crippen molar-refractivity contribution in [2.45, 2.75) is 53.2 Å². The molecule has 0 bridgehead atoms. The molecule has 1 aliphatic heterocycles. The Morgan fingerprint density at radius 1 is 1.24 bits per heavy atom. The van der Waals surface area contributed by atoms with Gasteiger partial charge in [-0.3, -0.25) is 14.8 Å². The molecule has 0 aliphatic carbocycles. The molecule has 6 nitrogen and oxygen atoms in total. The number of fused-ring (bicyclic) bond motifs is 1. The van der Waals surface area contributed by atoms with Crippen molar-refractivity contribution in [1.29, 1.82) is 0 Å². The van der Waals surface area contributed by atoms with Crippen molar-refractivity contribution in [2.75, 3.05) is 19.7 Å². The number of nitrogens with zero attached hydrogens (tertiary/aromatic N) is 2. The average molecular weight is 482 g/mol. The minimum absolute atomic E-state index is 0.0666. The van der Waals surface area contributed by atoms with Gasteiger partial charge in [0.1, 0.15) is 5.75 Å². The van der Waals surface area contributed by atoms with Gasteiger partial charge in [-0.25, -0.2) is 0 Å². The van der Waals surface area contributed by atoms with E-state index in [0.29, 0.717) is 23.8 Å². The number of hydrogen-bond acceptors (Lipinski definition) is 5. The third kappa shape index (κ3) is 5.45. The van der Waals surface area contributed by atoms with Crippen LogP contribution in [0.3, 0.4) is 0 Å². The second-order valence-electron chi connectivity index (χ2n) is 8.94. The van der Waals surface area contributed by atoms with E-state index in [0.717, 1.165) is 48.6 Å². The molecule has 0 amide bonds. The number of carbonyl (C=O) groups is 1. The van der Waals surface area contributed by atoms with E-state index in [1.807, 2.05) is 39.0 Å². The van der Waals surface area contributed by atoms with Gasteiger partial charge in [-0.15, -0.1) is 0 Å². The van der Waals surface area contributed by atoms with Crippen molar-refractivity contribution < 1.29 is 14.3 Å². The number of hydrogen-bond donors (Lipinski definition) is 1. The van der Waals surface area contributed by atoms with Gasteiger partial charge in [0.05, 0.1) is 35.5 Å². The highest BCUT2D eigenvalue weighted by molar-refractivity contribution is 6.32. The van der Waals surface area contributed by atoms with Crippen molar-refractivity contribution in [1.82, 2.24) is 15.1 Å². The van der Waals surface area contributed by atoms with Gasteiger partial charge in [-0.05, 0) is 75.1 Å². The monoisotopic (exact) mass is 481 g/mol. The zero-order valence-electron chi connectivity index (χ0n) is 20.3. The summed E-state index contributed by atoms with van der Waals surface area (Å²) < 4.78 is 10.8. The second kappa shape index (κ2) is 10.6. The van der Waals surface area contributed by atoms with Crippen molar-refractivity contribution >= 4 is 17.6 Å². The molecule has 34 heavy (non-hydrogen) atoms. The number of rotatable bonds is 8. The molecule has 7 heteroatoms. The number of aromatic amines is 1. The largest absolute Gasteiger partial charge is 0.489 e. The summed E-state index contributed by atoms with van der Waals surface area (Å²) in [4.78, 5) is 14.0. The first-order valence-corrected chi connectivity index (χ1v) is 12.2. The highest BCUT2D eigenvalue weighted by atomic mass is 35.5. The predicted octanol–water partition coefficient (Wildman–Crippen LogP) is 5.80. The van der Waals surface area contributed by atoms with Gasteiger partial charge in [0, 0.05) is 30.8 Å². The molecule has 0 atom stereocenters. The summed E-state index contributed by atoms with van der Waals surface area (Å²) in [5, 5.41) is 8.32. The number of benzene rings is 2. The fourth-order valence-corrected chi connectivity index (χ4v) is 4.71. The minimum atomic E-state index is -0.127. The highest BCUT2D eigenvalue weighted by Crippen LogP contribution is 2.34. The molecule has 0 spiro atoms. The standard InChI is InChI=1S/C27H32ClN3O3/c1-5-33-27(32)11-13-31-12-10-21-18(4)22(8-6-20(21)16-31)25-15-24(29-30-25)19-7-9-26(23(28)14-19)34-17(2)3/h6-9,14-15,17H,5,10-13,16H2,1-4H3,(H,29,30). The van der Waals surface area contributed by atoms with Crippen LogP contribution in [-0.4, -0.2) is 46.9 Å². The van der Waals surface area contributed by atoms with Crippen LogP contribution in [-0.2, 0) is 22.5 Å². The van der Waals surface area contributed by atoms with Crippen LogP contribution in [0, 0.1) is 6.92 Å². The van der Waals surface area contributed by atoms with E-state index in [1.54, 1.807) is 0 Å². The van der Waals surface area contributed by atoms with Gasteiger partial charge in [-0.1, -0.05) is 23.7 Å². The summed E-state index contributed by atoms with van der Waals surface area (Å²) in [7, 11) is 0. The van der Waals surface area contributed by atoms with Gasteiger partial charge in [0.25, 0.3) is 0 Å². The Morgan fingerprint density at radius 3 is 2.79 bits per heavy atom. The smallest absolute Gasteiger partial charge is 0.307 e. The lowest BCUT2D eigenvalue weighted by molar-refractivity contribution is -0.143. The molecule has 0 unspecified atom stereocenters. The Morgan fingerprint density at radius 2 is 2.06 bits per heavy atom. The second-order valence-corrected chi connectivity index (χ2v) is 9.34. The van der Waals surface area contributed by atoms with Crippen LogP contribution in [0.25, 0.3) is 22.5 Å². The highest BCUT2D eigenvalue weighted by Gasteiger charge is 2.21. The zero-order chi connectivity index (χ0) is 24.2. The van der Waals surface area contributed by atoms with E-state index in [-0.39, 0.29) is 12.1 Å². The van der Waals surface area contributed by atoms with Gasteiger partial charge >= 0.3 is 5.97 Å². The molecule has 0 saturated carbocycles. The number of halogens is 1. The number of aromatic nitrogens is 2. The first-order valence-electron chi connectivity index (χ1n) is 11.9. The van der Waals surface area contributed by atoms with E-state index < -0.39 is 0 Å². The molecule has 2 heterocycles. The fraction of sp³-hybridized carbons (Fsp3) is 0.407. The molecular formula is C27H32ClN3O3. The number of ether oxygens (including phenoxy) is 2. The van der Waals surface area contributed by atoms with Crippen molar-refractivity contribution in [3.63, 3.8) is 0 Å². The predicted molar refractivity (Wildman–Crippen MR) is 135 cm³/mol. The molecule has 0 radical (unpaired) electrons. The topological polar surface area (TPSA) is 67.4 Å².